The number of amides is 2. The number of alkyl halides is 3. The van der Waals surface area contributed by atoms with Gasteiger partial charge in [0.2, 0.25) is 11.8 Å². The van der Waals surface area contributed by atoms with Gasteiger partial charge >= 0.3 is 6.18 Å². The van der Waals surface area contributed by atoms with Crippen LogP contribution < -0.4 is 10.6 Å². The maximum atomic E-state index is 12.6. The third-order valence-corrected chi connectivity index (χ3v) is 5.59. The van der Waals surface area contributed by atoms with Crippen LogP contribution >= 0.6 is 23.4 Å². The first-order chi connectivity index (χ1) is 14.7. The topological polar surface area (TPSA) is 71.1 Å². The smallest absolute Gasteiger partial charge is 0.355 e. The molecular formula is C21H17ClF3N3O2S. The number of anilines is 1. The second-order valence-corrected chi connectivity index (χ2v) is 7.88. The molecule has 0 saturated heterocycles. The van der Waals surface area contributed by atoms with Crippen molar-refractivity contribution in [3.63, 3.8) is 0 Å². The highest BCUT2D eigenvalue weighted by Crippen LogP contribution is 2.33. The molecule has 2 aromatic carbocycles. The number of rotatable bonds is 7. The lowest BCUT2D eigenvalue weighted by Gasteiger charge is -2.09. The normalized spacial score (nSPS) is 11.4. The number of fused-ring (bicyclic) bond motifs is 1. The van der Waals surface area contributed by atoms with Crippen molar-refractivity contribution in [3.05, 3.63) is 65.3 Å². The molecule has 0 atom stereocenters. The van der Waals surface area contributed by atoms with E-state index in [9.17, 15) is 22.8 Å². The average molecular weight is 468 g/mol. The number of thioether (sulfide) groups is 1. The minimum Gasteiger partial charge on any atom is -0.355 e. The molecule has 0 spiro atoms. The van der Waals surface area contributed by atoms with Crippen LogP contribution in [0.2, 0.25) is 5.02 Å². The highest BCUT2D eigenvalue weighted by molar-refractivity contribution is 8.00. The number of pyridine rings is 1. The van der Waals surface area contributed by atoms with E-state index in [1.54, 1.807) is 6.07 Å². The Morgan fingerprint density at radius 1 is 1.03 bits per heavy atom. The molecule has 0 aliphatic carbocycles. The van der Waals surface area contributed by atoms with Crippen LogP contribution in [0.1, 0.15) is 12.0 Å². The summed E-state index contributed by atoms with van der Waals surface area (Å²) in [5.74, 6) is -0.735. The van der Waals surface area contributed by atoms with Gasteiger partial charge < -0.3 is 10.6 Å². The molecule has 0 saturated carbocycles. The molecule has 3 aromatic rings. The minimum absolute atomic E-state index is 0.0719. The van der Waals surface area contributed by atoms with Crippen LogP contribution in [0.25, 0.3) is 10.8 Å². The number of halogens is 4. The summed E-state index contributed by atoms with van der Waals surface area (Å²) in [6.45, 7) is 0.118. The molecule has 0 aliphatic rings. The molecule has 0 bridgehead atoms. The van der Waals surface area contributed by atoms with Crippen molar-refractivity contribution in [3.8, 4) is 0 Å². The Labute approximate surface area is 185 Å². The fourth-order valence-electron chi connectivity index (χ4n) is 2.68. The standard InChI is InChI=1S/C21H17ClF3N3O2S/c22-17-10-15(21(23,24)25)11-27-20(17)31-12-19(30)26-8-7-18(29)28-16-6-5-13-3-1-2-4-14(13)9-16/h1-6,9-11H,7-8,12H2,(H,26,30)(H,28,29). The van der Waals surface area contributed by atoms with Crippen LogP contribution in [0.5, 0.6) is 0 Å². The highest BCUT2D eigenvalue weighted by atomic mass is 35.5. The zero-order valence-corrected chi connectivity index (χ0v) is 17.6. The summed E-state index contributed by atoms with van der Waals surface area (Å²) in [6, 6.07) is 14.1. The zero-order valence-electron chi connectivity index (χ0n) is 16.0. The van der Waals surface area contributed by atoms with Gasteiger partial charge in [-0.3, -0.25) is 9.59 Å². The van der Waals surface area contributed by atoms with Gasteiger partial charge in [0, 0.05) is 24.8 Å². The Morgan fingerprint density at radius 3 is 2.48 bits per heavy atom. The van der Waals surface area contributed by atoms with Crippen LogP contribution in [0.15, 0.2) is 59.8 Å². The minimum atomic E-state index is -4.54. The second-order valence-electron chi connectivity index (χ2n) is 6.51. The summed E-state index contributed by atoms with van der Waals surface area (Å²) < 4.78 is 37.9. The summed E-state index contributed by atoms with van der Waals surface area (Å²) in [7, 11) is 0. The van der Waals surface area contributed by atoms with Gasteiger partial charge in [-0.15, -0.1) is 0 Å². The quantitative estimate of drug-likeness (QED) is 0.472. The molecule has 10 heteroatoms. The number of nitrogens with one attached hydrogen (secondary N) is 2. The van der Waals surface area contributed by atoms with Crippen molar-refractivity contribution in [2.45, 2.75) is 17.6 Å². The molecule has 3 rings (SSSR count). The number of carbonyl (C=O) groups excluding carboxylic acids is 2. The highest BCUT2D eigenvalue weighted by Gasteiger charge is 2.31. The van der Waals surface area contributed by atoms with E-state index in [1.165, 1.54) is 0 Å². The molecule has 0 radical (unpaired) electrons. The number of hydrogen-bond acceptors (Lipinski definition) is 4. The molecular weight excluding hydrogens is 451 g/mol. The monoisotopic (exact) mass is 467 g/mol. The second kappa shape index (κ2) is 10.0. The van der Waals surface area contributed by atoms with E-state index in [0.29, 0.717) is 11.9 Å². The number of nitrogens with zero attached hydrogens (tertiary/aromatic N) is 1. The first-order valence-corrected chi connectivity index (χ1v) is 10.5. The third kappa shape index (κ3) is 6.60. The van der Waals surface area contributed by atoms with Crippen LogP contribution in [0.3, 0.4) is 0 Å². The van der Waals surface area contributed by atoms with E-state index in [-0.39, 0.29) is 40.6 Å². The van der Waals surface area contributed by atoms with E-state index < -0.39 is 11.7 Å². The van der Waals surface area contributed by atoms with Crippen molar-refractivity contribution in [2.24, 2.45) is 0 Å². The van der Waals surface area contributed by atoms with Gasteiger partial charge in [0.25, 0.3) is 0 Å². The maximum Gasteiger partial charge on any atom is 0.417 e. The molecule has 0 unspecified atom stereocenters. The van der Waals surface area contributed by atoms with Crippen molar-refractivity contribution in [1.29, 1.82) is 0 Å². The first-order valence-electron chi connectivity index (χ1n) is 9.13. The van der Waals surface area contributed by atoms with E-state index in [4.69, 9.17) is 11.6 Å². The average Bonchev–Trinajstić information content (AvgIpc) is 2.72. The fraction of sp³-hybridized carbons (Fsp3) is 0.190. The lowest BCUT2D eigenvalue weighted by molar-refractivity contribution is -0.138. The maximum absolute atomic E-state index is 12.6. The van der Waals surface area contributed by atoms with Crippen molar-refractivity contribution >= 4 is 51.6 Å². The SMILES string of the molecule is O=C(CSc1ncc(C(F)(F)F)cc1Cl)NCCC(=O)Nc1ccc2ccccc2c1. The van der Waals surface area contributed by atoms with E-state index in [0.717, 1.165) is 28.6 Å². The van der Waals surface area contributed by atoms with Gasteiger partial charge in [0.1, 0.15) is 5.03 Å². The molecule has 0 fully saturated rings. The summed E-state index contributed by atoms with van der Waals surface area (Å²) in [5, 5.41) is 7.37. The number of hydrogen-bond donors (Lipinski definition) is 2. The third-order valence-electron chi connectivity index (χ3n) is 4.18. The zero-order chi connectivity index (χ0) is 22.4. The van der Waals surface area contributed by atoms with Crippen LogP contribution in [0.4, 0.5) is 18.9 Å². The Kier molecular flexibility index (Phi) is 7.40. The van der Waals surface area contributed by atoms with E-state index in [1.807, 2.05) is 36.4 Å². The summed E-state index contributed by atoms with van der Waals surface area (Å²) in [4.78, 5) is 27.7. The van der Waals surface area contributed by atoms with E-state index >= 15 is 0 Å². The van der Waals surface area contributed by atoms with Gasteiger partial charge in [-0.1, -0.05) is 53.7 Å². The number of carbonyl (C=O) groups is 2. The van der Waals surface area contributed by atoms with Gasteiger partial charge in [-0.2, -0.15) is 13.2 Å². The van der Waals surface area contributed by atoms with Crippen molar-refractivity contribution in [1.82, 2.24) is 10.3 Å². The largest absolute Gasteiger partial charge is 0.417 e. The van der Waals surface area contributed by atoms with E-state index in [2.05, 4.69) is 15.6 Å². The lowest BCUT2D eigenvalue weighted by Crippen LogP contribution is -2.29. The van der Waals surface area contributed by atoms with Crippen molar-refractivity contribution < 1.29 is 22.8 Å². The summed E-state index contributed by atoms with van der Waals surface area (Å²) >= 11 is 6.72. The first kappa shape index (κ1) is 22.9. The molecule has 1 aromatic heterocycles. The Hall–Kier alpha value is -2.78. The Balaban J connectivity index is 1.42. The fourth-order valence-corrected chi connectivity index (χ4v) is 3.70. The van der Waals surface area contributed by atoms with Crippen molar-refractivity contribution in [2.75, 3.05) is 17.6 Å². The molecule has 2 N–H and O–H groups in total. The predicted molar refractivity (Wildman–Crippen MR) is 115 cm³/mol. The van der Waals surface area contributed by atoms with Gasteiger partial charge in [-0.25, -0.2) is 4.98 Å². The summed E-state index contributed by atoms with van der Waals surface area (Å²) in [5.41, 5.74) is -0.294. The van der Waals surface area contributed by atoms with Gasteiger partial charge in [-0.05, 0) is 29.0 Å². The number of aromatic nitrogens is 1. The summed E-state index contributed by atoms with van der Waals surface area (Å²) in [6.07, 6.45) is -3.80. The molecule has 5 nitrogen and oxygen atoms in total. The van der Waals surface area contributed by atoms with Crippen LogP contribution in [0, 0.1) is 0 Å². The molecule has 1 heterocycles. The van der Waals surface area contributed by atoms with Crippen LogP contribution in [-0.4, -0.2) is 29.1 Å². The Bertz CT molecular complexity index is 1110. The molecule has 31 heavy (non-hydrogen) atoms. The molecule has 2 amide bonds. The molecule has 0 aliphatic heterocycles. The Morgan fingerprint density at radius 2 is 1.77 bits per heavy atom. The lowest BCUT2D eigenvalue weighted by atomic mass is 10.1. The molecule has 162 valence electrons. The predicted octanol–water partition coefficient (Wildman–Crippen LogP) is 5.14. The van der Waals surface area contributed by atoms with Gasteiger partial charge in [0.15, 0.2) is 0 Å². The number of benzene rings is 2. The van der Waals surface area contributed by atoms with Crippen LogP contribution in [-0.2, 0) is 15.8 Å². The van der Waals surface area contributed by atoms with Gasteiger partial charge in [0.05, 0.1) is 16.3 Å².